The zero-order valence-corrected chi connectivity index (χ0v) is 13.8. The van der Waals surface area contributed by atoms with Crippen molar-refractivity contribution in [3.8, 4) is 0 Å². The van der Waals surface area contributed by atoms with E-state index in [1.54, 1.807) is 6.07 Å². The number of halogens is 4. The molecule has 0 bridgehead atoms. The molecule has 126 valence electrons. The van der Waals surface area contributed by atoms with Crippen LogP contribution >= 0.6 is 23.2 Å². The summed E-state index contributed by atoms with van der Waals surface area (Å²) in [7, 11) is 0. The molecule has 1 unspecified atom stereocenters. The first-order valence-electron chi connectivity index (χ1n) is 6.70. The van der Waals surface area contributed by atoms with Gasteiger partial charge in [-0.3, -0.25) is 4.79 Å². The Morgan fingerprint density at radius 2 is 1.83 bits per heavy atom. The van der Waals surface area contributed by atoms with Gasteiger partial charge in [0.05, 0.1) is 16.3 Å². The lowest BCUT2D eigenvalue weighted by Crippen LogP contribution is -2.30. The first-order chi connectivity index (χ1) is 11.3. The molecule has 0 saturated heterocycles. The molecular weight excluding hydrogens is 363 g/mol. The lowest BCUT2D eigenvalue weighted by Gasteiger charge is -2.14. The first kappa shape index (κ1) is 18.2. The van der Waals surface area contributed by atoms with Gasteiger partial charge in [-0.25, -0.2) is 13.6 Å². The van der Waals surface area contributed by atoms with Crippen LogP contribution in [0, 0.1) is 11.6 Å². The Morgan fingerprint density at radius 3 is 2.50 bits per heavy atom. The summed E-state index contributed by atoms with van der Waals surface area (Å²) in [6.45, 7) is 1.30. The van der Waals surface area contributed by atoms with Crippen LogP contribution in [0.4, 0.5) is 14.5 Å². The Balaban J connectivity index is 2.05. The highest BCUT2D eigenvalue weighted by atomic mass is 35.5. The smallest absolute Gasteiger partial charge is 0.341 e. The molecule has 2 aromatic rings. The van der Waals surface area contributed by atoms with Crippen molar-refractivity contribution < 1.29 is 23.1 Å². The number of rotatable bonds is 4. The normalized spacial score (nSPS) is 11.7. The van der Waals surface area contributed by atoms with Gasteiger partial charge in [0.1, 0.15) is 11.6 Å². The summed E-state index contributed by atoms with van der Waals surface area (Å²) < 4.78 is 31.2. The van der Waals surface area contributed by atoms with E-state index in [2.05, 4.69) is 5.32 Å². The second-order valence-corrected chi connectivity index (χ2v) is 5.63. The van der Waals surface area contributed by atoms with E-state index in [0.29, 0.717) is 11.1 Å². The fraction of sp³-hybridized carbons (Fsp3) is 0.125. The van der Waals surface area contributed by atoms with Gasteiger partial charge in [-0.2, -0.15) is 0 Å². The molecule has 4 nitrogen and oxygen atoms in total. The summed E-state index contributed by atoms with van der Waals surface area (Å²) in [4.78, 5) is 23.9. The number of ether oxygens (including phenoxy) is 1. The van der Waals surface area contributed by atoms with Gasteiger partial charge in [0.2, 0.25) is 0 Å². The molecule has 2 rings (SSSR count). The molecule has 24 heavy (non-hydrogen) atoms. The quantitative estimate of drug-likeness (QED) is 0.805. The molecule has 1 N–H and O–H groups in total. The number of hydrogen-bond donors (Lipinski definition) is 1. The van der Waals surface area contributed by atoms with Gasteiger partial charge in [-0.05, 0) is 37.3 Å². The Bertz CT molecular complexity index is 799. The molecule has 0 saturated carbocycles. The molecule has 0 radical (unpaired) electrons. The minimum Gasteiger partial charge on any atom is -0.449 e. The average molecular weight is 374 g/mol. The SMILES string of the molecule is CC(OC(=O)c1ccc(F)cc1F)C(=O)Nc1cc(Cl)ccc1Cl. The van der Waals surface area contributed by atoms with Crippen molar-refractivity contribution in [3.63, 3.8) is 0 Å². The van der Waals surface area contributed by atoms with Crippen molar-refractivity contribution in [3.05, 3.63) is 63.6 Å². The highest BCUT2D eigenvalue weighted by Gasteiger charge is 2.22. The van der Waals surface area contributed by atoms with E-state index in [4.69, 9.17) is 27.9 Å². The molecule has 1 amide bonds. The molecule has 0 spiro atoms. The number of nitrogens with one attached hydrogen (secondary N) is 1. The minimum atomic E-state index is -1.24. The molecule has 1 atom stereocenters. The van der Waals surface area contributed by atoms with Crippen molar-refractivity contribution in [2.75, 3.05) is 5.32 Å². The van der Waals surface area contributed by atoms with Crippen LogP contribution in [0.5, 0.6) is 0 Å². The van der Waals surface area contributed by atoms with Gasteiger partial charge >= 0.3 is 5.97 Å². The summed E-state index contributed by atoms with van der Waals surface area (Å²) in [5.41, 5.74) is -0.234. The van der Waals surface area contributed by atoms with E-state index >= 15 is 0 Å². The Labute approximate surface area is 146 Å². The summed E-state index contributed by atoms with van der Waals surface area (Å²) in [6, 6.07) is 6.86. The third-order valence-electron chi connectivity index (χ3n) is 2.99. The Hall–Kier alpha value is -2.18. The van der Waals surface area contributed by atoms with Crippen LogP contribution < -0.4 is 5.32 Å². The first-order valence-corrected chi connectivity index (χ1v) is 7.45. The van der Waals surface area contributed by atoms with Gasteiger partial charge in [0.25, 0.3) is 5.91 Å². The van der Waals surface area contributed by atoms with Crippen LogP contribution in [0.3, 0.4) is 0 Å². The highest BCUT2D eigenvalue weighted by Crippen LogP contribution is 2.25. The third-order valence-corrected chi connectivity index (χ3v) is 3.56. The van der Waals surface area contributed by atoms with E-state index in [0.717, 1.165) is 12.1 Å². The molecule has 0 heterocycles. The number of amides is 1. The van der Waals surface area contributed by atoms with Gasteiger partial charge in [0.15, 0.2) is 6.10 Å². The topological polar surface area (TPSA) is 55.4 Å². The van der Waals surface area contributed by atoms with Crippen molar-refractivity contribution in [1.82, 2.24) is 0 Å². The van der Waals surface area contributed by atoms with E-state index in [1.807, 2.05) is 0 Å². The minimum absolute atomic E-state index is 0.241. The number of carbonyl (C=O) groups is 2. The number of anilines is 1. The van der Waals surface area contributed by atoms with Crippen LogP contribution in [-0.4, -0.2) is 18.0 Å². The van der Waals surface area contributed by atoms with Crippen LogP contribution in [0.25, 0.3) is 0 Å². The van der Waals surface area contributed by atoms with Gasteiger partial charge in [-0.15, -0.1) is 0 Å². The van der Waals surface area contributed by atoms with E-state index in [9.17, 15) is 18.4 Å². The van der Waals surface area contributed by atoms with Crippen LogP contribution in [0.2, 0.25) is 10.0 Å². The number of hydrogen-bond acceptors (Lipinski definition) is 3. The molecule has 0 aliphatic rings. The monoisotopic (exact) mass is 373 g/mol. The Morgan fingerprint density at radius 1 is 1.12 bits per heavy atom. The van der Waals surface area contributed by atoms with Gasteiger partial charge in [0, 0.05) is 11.1 Å². The maximum Gasteiger partial charge on any atom is 0.341 e. The van der Waals surface area contributed by atoms with Crippen molar-refractivity contribution in [2.24, 2.45) is 0 Å². The van der Waals surface area contributed by atoms with Crippen LogP contribution in [0.15, 0.2) is 36.4 Å². The maximum atomic E-state index is 13.5. The average Bonchev–Trinajstić information content (AvgIpc) is 2.50. The molecule has 2 aromatic carbocycles. The predicted octanol–water partition coefficient (Wildman–Crippen LogP) is 4.46. The molecule has 0 fully saturated rings. The van der Waals surface area contributed by atoms with Crippen LogP contribution in [0.1, 0.15) is 17.3 Å². The second kappa shape index (κ2) is 7.59. The van der Waals surface area contributed by atoms with Gasteiger partial charge in [-0.1, -0.05) is 23.2 Å². The second-order valence-electron chi connectivity index (χ2n) is 4.79. The lowest BCUT2D eigenvalue weighted by molar-refractivity contribution is -0.123. The van der Waals surface area contributed by atoms with Crippen molar-refractivity contribution in [1.29, 1.82) is 0 Å². The summed E-state index contributed by atoms with van der Waals surface area (Å²) in [5.74, 6) is -3.68. The van der Waals surface area contributed by atoms with Crippen molar-refractivity contribution >= 4 is 40.8 Å². The fourth-order valence-corrected chi connectivity index (χ4v) is 2.10. The van der Waals surface area contributed by atoms with Gasteiger partial charge < -0.3 is 10.1 Å². The van der Waals surface area contributed by atoms with Crippen LogP contribution in [-0.2, 0) is 9.53 Å². The highest BCUT2D eigenvalue weighted by molar-refractivity contribution is 6.35. The summed E-state index contributed by atoms with van der Waals surface area (Å²) >= 11 is 11.7. The third kappa shape index (κ3) is 4.43. The molecular formula is C16H11Cl2F2NO3. The van der Waals surface area contributed by atoms with E-state index < -0.39 is 35.2 Å². The predicted molar refractivity (Wildman–Crippen MR) is 86.3 cm³/mol. The fourth-order valence-electron chi connectivity index (χ4n) is 1.76. The standard InChI is InChI=1S/C16H11Cl2F2NO3/c1-8(15(22)21-14-6-9(17)2-5-12(14)18)24-16(23)11-4-3-10(19)7-13(11)20/h2-8H,1H3,(H,21,22). The largest absolute Gasteiger partial charge is 0.449 e. The maximum absolute atomic E-state index is 13.5. The summed E-state index contributed by atoms with van der Waals surface area (Å²) in [5, 5.41) is 3.05. The zero-order chi connectivity index (χ0) is 17.9. The molecule has 0 aromatic heterocycles. The van der Waals surface area contributed by atoms with E-state index in [1.165, 1.54) is 19.1 Å². The number of carbonyl (C=O) groups excluding carboxylic acids is 2. The zero-order valence-electron chi connectivity index (χ0n) is 12.3. The summed E-state index contributed by atoms with van der Waals surface area (Å²) in [6.07, 6.45) is -1.24. The molecule has 0 aliphatic heterocycles. The number of esters is 1. The van der Waals surface area contributed by atoms with E-state index in [-0.39, 0.29) is 10.7 Å². The molecule has 0 aliphatic carbocycles. The lowest BCUT2D eigenvalue weighted by atomic mass is 10.2. The Kier molecular flexibility index (Phi) is 5.75. The number of benzene rings is 2. The molecule has 8 heteroatoms. The van der Waals surface area contributed by atoms with Crippen molar-refractivity contribution in [2.45, 2.75) is 13.0 Å².